The van der Waals surface area contributed by atoms with Gasteiger partial charge in [0, 0.05) is 43.4 Å². The minimum atomic E-state index is 0.289. The Morgan fingerprint density at radius 2 is 0.794 bits per heavy atom. The average molecular weight is 866 g/mol. The lowest BCUT2D eigenvalue weighted by Gasteiger charge is -2.16. The van der Waals surface area contributed by atoms with Crippen molar-refractivity contribution in [2.24, 2.45) is 0 Å². The number of benzene rings is 10. The van der Waals surface area contributed by atoms with Crippen molar-refractivity contribution >= 4 is 87.4 Å². The molecule has 0 aliphatic carbocycles. The van der Waals surface area contributed by atoms with E-state index in [2.05, 4.69) is 196 Å². The molecule has 0 aliphatic rings. The van der Waals surface area contributed by atoms with Crippen molar-refractivity contribution in [1.29, 1.82) is 10.5 Å². The minimum absolute atomic E-state index is 0.289. The Balaban J connectivity index is 1.04. The van der Waals surface area contributed by atoms with Gasteiger partial charge in [0.15, 0.2) is 0 Å². The second kappa shape index (κ2) is 14.4. The van der Waals surface area contributed by atoms with Crippen LogP contribution in [0.2, 0.25) is 0 Å². The molecule has 68 heavy (non-hydrogen) atoms. The summed E-state index contributed by atoms with van der Waals surface area (Å²) in [5, 5.41) is 31.1. The van der Waals surface area contributed by atoms with Crippen LogP contribution in [0.25, 0.3) is 127 Å². The molecule has 0 saturated heterocycles. The zero-order valence-corrected chi connectivity index (χ0v) is 36.4. The molecule has 0 atom stereocenters. The summed E-state index contributed by atoms with van der Waals surface area (Å²) < 4.78 is 13.4. The molecule has 0 spiro atoms. The molecule has 314 valence electrons. The molecule has 0 saturated carbocycles. The maximum Gasteiger partial charge on any atom is 0.145 e. The van der Waals surface area contributed by atoms with Crippen LogP contribution in [-0.4, -0.2) is 13.7 Å². The second-order valence-electron chi connectivity index (χ2n) is 17.4. The van der Waals surface area contributed by atoms with Gasteiger partial charge in [-0.3, -0.25) is 0 Å². The van der Waals surface area contributed by atoms with Gasteiger partial charge in [-0.05, 0) is 107 Å². The number of aromatic nitrogens is 3. The molecule has 4 aromatic heterocycles. The van der Waals surface area contributed by atoms with Crippen LogP contribution < -0.4 is 0 Å². The van der Waals surface area contributed by atoms with Gasteiger partial charge in [-0.2, -0.15) is 10.5 Å². The molecule has 4 heterocycles. The lowest BCUT2D eigenvalue weighted by Crippen LogP contribution is -2.05. The third kappa shape index (κ3) is 5.31. The molecule has 0 N–H and O–H groups in total. The predicted octanol–water partition coefficient (Wildman–Crippen LogP) is 16.0. The number of hydrogen-bond acceptors (Lipinski definition) is 3. The van der Waals surface area contributed by atoms with Crippen LogP contribution in [0.1, 0.15) is 11.1 Å². The highest BCUT2D eigenvalue weighted by Gasteiger charge is 2.25. The molecule has 0 unspecified atom stereocenters. The summed E-state index contributed by atoms with van der Waals surface area (Å²) in [6, 6.07) is 78.9. The Labute approximate surface area is 389 Å². The summed E-state index contributed by atoms with van der Waals surface area (Å²) in [5.41, 5.74) is 14.8. The van der Waals surface area contributed by atoms with Crippen molar-refractivity contribution in [3.05, 3.63) is 223 Å². The summed E-state index contributed by atoms with van der Waals surface area (Å²) in [4.78, 5) is 0. The topological polar surface area (TPSA) is 75.5 Å². The fourth-order valence-corrected chi connectivity index (χ4v) is 11.0. The smallest absolute Gasteiger partial charge is 0.145 e. The molecule has 0 bridgehead atoms. The Morgan fingerprint density at radius 1 is 0.324 bits per heavy atom. The second-order valence-corrected chi connectivity index (χ2v) is 17.4. The summed E-state index contributed by atoms with van der Waals surface area (Å²) >= 11 is 0. The van der Waals surface area contributed by atoms with Gasteiger partial charge in [0.2, 0.25) is 0 Å². The van der Waals surface area contributed by atoms with Crippen molar-refractivity contribution in [1.82, 2.24) is 13.7 Å². The van der Waals surface area contributed by atoms with E-state index in [1.165, 1.54) is 10.8 Å². The van der Waals surface area contributed by atoms with Crippen molar-refractivity contribution in [3.8, 4) is 51.5 Å². The first-order chi connectivity index (χ1) is 33.7. The maximum atomic E-state index is 11.3. The van der Waals surface area contributed by atoms with E-state index in [0.29, 0.717) is 16.9 Å². The normalized spacial score (nSPS) is 11.8. The quantitative estimate of drug-likeness (QED) is 0.173. The van der Waals surface area contributed by atoms with E-state index in [1.807, 2.05) is 42.5 Å². The summed E-state index contributed by atoms with van der Waals surface area (Å²) in [7, 11) is 0. The van der Waals surface area contributed by atoms with E-state index < -0.39 is 0 Å². The van der Waals surface area contributed by atoms with Gasteiger partial charge in [0.05, 0.1) is 61.0 Å². The Hall–Kier alpha value is -9.62. The van der Waals surface area contributed by atoms with Crippen molar-refractivity contribution in [3.63, 3.8) is 0 Å². The third-order valence-corrected chi connectivity index (χ3v) is 13.9. The monoisotopic (exact) mass is 865 g/mol. The zero-order valence-electron chi connectivity index (χ0n) is 36.4. The van der Waals surface area contributed by atoms with Gasteiger partial charge in [-0.25, -0.2) is 0 Å². The number of fused-ring (bicyclic) bond motifs is 13. The Morgan fingerprint density at radius 3 is 1.38 bits per heavy atom. The summed E-state index contributed by atoms with van der Waals surface area (Å²) in [6.07, 6.45) is 0. The molecule has 6 heteroatoms. The number of furan rings is 1. The lowest BCUT2D eigenvalue weighted by atomic mass is 10.0. The number of rotatable bonds is 5. The van der Waals surface area contributed by atoms with Gasteiger partial charge >= 0.3 is 0 Å². The van der Waals surface area contributed by atoms with Crippen LogP contribution in [0.4, 0.5) is 0 Å². The molecular formula is C62H35N5O. The molecule has 0 aliphatic heterocycles. The highest BCUT2D eigenvalue weighted by atomic mass is 16.3. The summed E-state index contributed by atoms with van der Waals surface area (Å²) in [6.45, 7) is 0. The molecule has 10 aromatic carbocycles. The fraction of sp³-hybridized carbons (Fsp3) is 0. The van der Waals surface area contributed by atoms with Gasteiger partial charge in [-0.1, -0.05) is 127 Å². The van der Waals surface area contributed by atoms with Gasteiger partial charge < -0.3 is 18.1 Å². The SMILES string of the molecule is N#Cc1c(-n2c3ccc(-c4ccccc4)cc3c3cc(-c4ccccc4)ccc32)ccc(-n2c3ccc(-n4c5ccccc5c5ccccc54)cc3c3c4oc5ccccc5c4ccc32)c1C#N. The van der Waals surface area contributed by atoms with E-state index in [4.69, 9.17) is 4.42 Å². The standard InChI is InChI=1S/C62H35N5O/c63-36-50-51(37-64)58(32-31-57(50)66-54-27-23-40(38-13-3-1-4-14-38)33-47(54)48-34-41(24-28-55(48)66)39-15-5-2-6-16-39)67-56-29-25-42(65-52-20-10-7-17-43(52)44-18-8-11-21-53(44)65)35-49(56)61-59(67)30-26-46-45-19-9-12-22-60(45)68-62(46)61/h1-35H. The number of nitrogens with zero attached hydrogens (tertiary/aromatic N) is 5. The molecular weight excluding hydrogens is 831 g/mol. The van der Waals surface area contributed by atoms with Crippen LogP contribution in [0.15, 0.2) is 217 Å². The van der Waals surface area contributed by atoms with Gasteiger partial charge in [0.25, 0.3) is 0 Å². The van der Waals surface area contributed by atoms with Crippen molar-refractivity contribution in [2.75, 3.05) is 0 Å². The average Bonchev–Trinajstić information content (AvgIpc) is 4.14. The Kier molecular flexibility index (Phi) is 8.01. The van der Waals surface area contributed by atoms with Crippen molar-refractivity contribution in [2.45, 2.75) is 0 Å². The molecule has 6 nitrogen and oxygen atoms in total. The van der Waals surface area contributed by atoms with Crippen LogP contribution in [0.5, 0.6) is 0 Å². The van der Waals surface area contributed by atoms with Crippen LogP contribution >= 0.6 is 0 Å². The number of para-hydroxylation sites is 3. The predicted molar refractivity (Wildman–Crippen MR) is 277 cm³/mol. The van der Waals surface area contributed by atoms with Crippen molar-refractivity contribution < 1.29 is 4.42 Å². The molecule has 0 radical (unpaired) electrons. The first-order valence-corrected chi connectivity index (χ1v) is 22.7. The molecule has 0 amide bonds. The fourth-order valence-electron chi connectivity index (χ4n) is 11.0. The molecule has 14 aromatic rings. The highest BCUT2D eigenvalue weighted by molar-refractivity contribution is 6.24. The number of hydrogen-bond donors (Lipinski definition) is 0. The lowest BCUT2D eigenvalue weighted by molar-refractivity contribution is 0.673. The Bertz CT molecular complexity index is 4360. The maximum absolute atomic E-state index is 11.3. The molecule has 14 rings (SSSR count). The third-order valence-electron chi connectivity index (χ3n) is 13.9. The van der Waals surface area contributed by atoms with Crippen LogP contribution in [0, 0.1) is 22.7 Å². The van der Waals surface area contributed by atoms with E-state index in [0.717, 1.165) is 105 Å². The minimum Gasteiger partial charge on any atom is -0.455 e. The van der Waals surface area contributed by atoms with E-state index in [-0.39, 0.29) is 5.56 Å². The van der Waals surface area contributed by atoms with Crippen LogP contribution in [0.3, 0.4) is 0 Å². The zero-order chi connectivity index (χ0) is 45.0. The first kappa shape index (κ1) is 37.7. The van der Waals surface area contributed by atoms with Gasteiger partial charge in [-0.15, -0.1) is 0 Å². The largest absolute Gasteiger partial charge is 0.455 e. The molecule has 0 fully saturated rings. The highest BCUT2D eigenvalue weighted by Crippen LogP contribution is 2.44. The summed E-state index contributed by atoms with van der Waals surface area (Å²) in [5.74, 6) is 0. The van der Waals surface area contributed by atoms with E-state index >= 15 is 0 Å². The number of nitriles is 2. The van der Waals surface area contributed by atoms with E-state index in [1.54, 1.807) is 0 Å². The van der Waals surface area contributed by atoms with Crippen LogP contribution in [-0.2, 0) is 0 Å². The van der Waals surface area contributed by atoms with Gasteiger partial charge in [0.1, 0.15) is 23.3 Å². The van der Waals surface area contributed by atoms with E-state index in [9.17, 15) is 10.5 Å². The first-order valence-electron chi connectivity index (χ1n) is 22.7.